The van der Waals surface area contributed by atoms with E-state index in [0.717, 1.165) is 24.5 Å². The first-order valence-corrected chi connectivity index (χ1v) is 4.87. The number of halogens is 2. The number of aromatic nitrogens is 1. The molecule has 1 heterocycles. The Kier molecular flexibility index (Phi) is 2.68. The molecule has 0 bridgehead atoms. The van der Waals surface area contributed by atoms with E-state index in [1.807, 2.05) is 0 Å². The van der Waals surface area contributed by atoms with Gasteiger partial charge < -0.3 is 10.7 Å². The van der Waals surface area contributed by atoms with Gasteiger partial charge in [0.15, 0.2) is 0 Å². The molecule has 0 aliphatic heterocycles. The van der Waals surface area contributed by atoms with Gasteiger partial charge in [0.1, 0.15) is 11.6 Å². The summed E-state index contributed by atoms with van der Waals surface area (Å²) in [6, 6.07) is 2.23. The highest BCUT2D eigenvalue weighted by molar-refractivity contribution is 5.83. The molecule has 0 radical (unpaired) electrons. The van der Waals surface area contributed by atoms with Crippen molar-refractivity contribution in [1.82, 2.24) is 4.98 Å². The van der Waals surface area contributed by atoms with Gasteiger partial charge in [-0.15, -0.1) is 0 Å². The first kappa shape index (κ1) is 10.1. The van der Waals surface area contributed by atoms with E-state index in [0.29, 0.717) is 17.4 Å². The van der Waals surface area contributed by atoms with Crippen molar-refractivity contribution in [2.24, 2.45) is 5.73 Å². The molecule has 2 aromatic rings. The molecule has 0 saturated carbocycles. The summed E-state index contributed by atoms with van der Waals surface area (Å²) in [6.45, 7) is 0.574. The Morgan fingerprint density at radius 3 is 2.80 bits per heavy atom. The number of fused-ring (bicyclic) bond motifs is 1. The molecule has 0 fully saturated rings. The molecule has 0 amide bonds. The Morgan fingerprint density at radius 2 is 2.07 bits per heavy atom. The second-order valence-corrected chi connectivity index (χ2v) is 3.52. The van der Waals surface area contributed by atoms with Crippen molar-refractivity contribution in [3.63, 3.8) is 0 Å². The van der Waals surface area contributed by atoms with E-state index in [1.54, 1.807) is 6.20 Å². The van der Waals surface area contributed by atoms with Crippen LogP contribution in [0.4, 0.5) is 8.78 Å². The first-order chi connectivity index (χ1) is 7.22. The van der Waals surface area contributed by atoms with Crippen LogP contribution in [0.3, 0.4) is 0 Å². The van der Waals surface area contributed by atoms with E-state index in [9.17, 15) is 8.78 Å². The topological polar surface area (TPSA) is 41.8 Å². The highest BCUT2D eigenvalue weighted by atomic mass is 19.1. The minimum absolute atomic E-state index is 0.364. The lowest BCUT2D eigenvalue weighted by molar-refractivity contribution is 0.591. The minimum atomic E-state index is -0.552. The first-order valence-electron chi connectivity index (χ1n) is 4.87. The second-order valence-electron chi connectivity index (χ2n) is 3.52. The van der Waals surface area contributed by atoms with Gasteiger partial charge in [-0.2, -0.15) is 0 Å². The molecule has 0 spiro atoms. The third kappa shape index (κ3) is 1.85. The van der Waals surface area contributed by atoms with Gasteiger partial charge in [0, 0.05) is 17.6 Å². The molecule has 0 aliphatic carbocycles. The molecule has 1 aromatic heterocycles. The number of aromatic amines is 1. The van der Waals surface area contributed by atoms with E-state index in [1.165, 1.54) is 6.07 Å². The quantitative estimate of drug-likeness (QED) is 0.802. The number of hydrogen-bond acceptors (Lipinski definition) is 1. The highest BCUT2D eigenvalue weighted by Crippen LogP contribution is 2.23. The van der Waals surface area contributed by atoms with Crippen molar-refractivity contribution in [3.05, 3.63) is 35.5 Å². The van der Waals surface area contributed by atoms with Crippen LogP contribution >= 0.6 is 0 Å². The predicted octanol–water partition coefficient (Wildman–Crippen LogP) is 2.34. The summed E-state index contributed by atoms with van der Waals surface area (Å²) in [5.74, 6) is -1.10. The Morgan fingerprint density at radius 1 is 1.27 bits per heavy atom. The van der Waals surface area contributed by atoms with Crippen molar-refractivity contribution < 1.29 is 8.78 Å². The molecular formula is C11H12F2N2. The smallest absolute Gasteiger partial charge is 0.150 e. The number of aryl methyl sites for hydroxylation is 1. The van der Waals surface area contributed by atoms with Gasteiger partial charge in [-0.1, -0.05) is 0 Å². The molecule has 3 N–H and O–H groups in total. The predicted molar refractivity (Wildman–Crippen MR) is 55.6 cm³/mol. The van der Waals surface area contributed by atoms with Crippen LogP contribution in [0.2, 0.25) is 0 Å². The molecular weight excluding hydrogens is 198 g/mol. The normalized spacial score (nSPS) is 11.1. The van der Waals surface area contributed by atoms with Gasteiger partial charge in [0.2, 0.25) is 0 Å². The highest BCUT2D eigenvalue weighted by Gasteiger charge is 2.09. The minimum Gasteiger partial charge on any atom is -0.359 e. The van der Waals surface area contributed by atoms with E-state index < -0.39 is 11.6 Å². The summed E-state index contributed by atoms with van der Waals surface area (Å²) >= 11 is 0. The van der Waals surface area contributed by atoms with Crippen molar-refractivity contribution in [1.29, 1.82) is 0 Å². The molecule has 4 heteroatoms. The van der Waals surface area contributed by atoms with Gasteiger partial charge >= 0.3 is 0 Å². The molecule has 0 unspecified atom stereocenters. The number of benzene rings is 1. The van der Waals surface area contributed by atoms with Crippen LogP contribution in [-0.2, 0) is 6.42 Å². The lowest BCUT2D eigenvalue weighted by Crippen LogP contribution is -1.99. The molecule has 2 rings (SSSR count). The largest absolute Gasteiger partial charge is 0.359 e. The fourth-order valence-corrected chi connectivity index (χ4v) is 1.71. The summed E-state index contributed by atoms with van der Waals surface area (Å²) in [6.07, 6.45) is 3.26. The van der Waals surface area contributed by atoms with E-state index in [-0.39, 0.29) is 0 Å². The van der Waals surface area contributed by atoms with E-state index >= 15 is 0 Å². The Labute approximate surface area is 86.1 Å². The van der Waals surface area contributed by atoms with Crippen LogP contribution in [0, 0.1) is 11.6 Å². The maximum atomic E-state index is 13.3. The summed E-state index contributed by atoms with van der Waals surface area (Å²) < 4.78 is 26.3. The number of H-pyrrole nitrogens is 1. The zero-order valence-electron chi connectivity index (χ0n) is 8.19. The number of nitrogens with one attached hydrogen (secondary N) is 1. The average Bonchev–Trinajstić information content (AvgIpc) is 2.58. The van der Waals surface area contributed by atoms with Crippen LogP contribution in [0.5, 0.6) is 0 Å². The Hall–Kier alpha value is -1.42. The maximum absolute atomic E-state index is 13.3. The van der Waals surface area contributed by atoms with E-state index in [2.05, 4.69) is 4.98 Å². The fraction of sp³-hybridized carbons (Fsp3) is 0.273. The number of rotatable bonds is 3. The van der Waals surface area contributed by atoms with E-state index in [4.69, 9.17) is 5.73 Å². The fourth-order valence-electron chi connectivity index (χ4n) is 1.71. The van der Waals surface area contributed by atoms with Crippen molar-refractivity contribution in [2.45, 2.75) is 12.8 Å². The molecule has 15 heavy (non-hydrogen) atoms. The summed E-state index contributed by atoms with van der Waals surface area (Å²) in [4.78, 5) is 2.81. The van der Waals surface area contributed by atoms with Crippen LogP contribution < -0.4 is 5.73 Å². The molecule has 80 valence electrons. The van der Waals surface area contributed by atoms with Crippen LogP contribution in [0.25, 0.3) is 10.9 Å². The standard InChI is InChI=1S/C11H12F2N2/c12-8-4-9-7(2-1-3-14)6-15-11(9)10(13)5-8/h4-6,15H,1-3,14H2. The molecule has 0 saturated heterocycles. The lowest BCUT2D eigenvalue weighted by atomic mass is 10.1. The van der Waals surface area contributed by atoms with Gasteiger partial charge in [-0.05, 0) is 31.0 Å². The van der Waals surface area contributed by atoms with Crippen molar-refractivity contribution in [2.75, 3.05) is 6.54 Å². The number of nitrogens with two attached hydrogens (primary N) is 1. The summed E-state index contributed by atoms with van der Waals surface area (Å²) in [7, 11) is 0. The SMILES string of the molecule is NCCCc1c[nH]c2c(F)cc(F)cc12. The monoisotopic (exact) mass is 210 g/mol. The molecule has 1 aromatic carbocycles. The zero-order valence-corrected chi connectivity index (χ0v) is 8.19. The van der Waals surface area contributed by atoms with Crippen molar-refractivity contribution >= 4 is 10.9 Å². The van der Waals surface area contributed by atoms with Gasteiger partial charge in [-0.3, -0.25) is 0 Å². The second kappa shape index (κ2) is 3.98. The molecule has 0 atom stereocenters. The summed E-state index contributed by atoms with van der Waals surface area (Å²) in [5, 5.41) is 0.612. The van der Waals surface area contributed by atoms with Crippen LogP contribution in [0.15, 0.2) is 18.3 Å². The molecule has 0 aliphatic rings. The maximum Gasteiger partial charge on any atom is 0.150 e. The summed E-state index contributed by atoms with van der Waals surface area (Å²) in [5.41, 5.74) is 6.67. The third-order valence-corrected chi connectivity index (χ3v) is 2.44. The van der Waals surface area contributed by atoms with Crippen LogP contribution in [0.1, 0.15) is 12.0 Å². The van der Waals surface area contributed by atoms with Crippen molar-refractivity contribution in [3.8, 4) is 0 Å². The Balaban J connectivity index is 2.49. The van der Waals surface area contributed by atoms with Gasteiger partial charge in [-0.25, -0.2) is 8.78 Å². The average molecular weight is 210 g/mol. The van der Waals surface area contributed by atoms with Crippen LogP contribution in [-0.4, -0.2) is 11.5 Å². The van der Waals surface area contributed by atoms with Gasteiger partial charge in [0.05, 0.1) is 5.52 Å². The number of hydrogen-bond donors (Lipinski definition) is 2. The Bertz CT molecular complexity index is 477. The molecule has 2 nitrogen and oxygen atoms in total. The zero-order chi connectivity index (χ0) is 10.8. The lowest BCUT2D eigenvalue weighted by Gasteiger charge is -1.98. The third-order valence-electron chi connectivity index (χ3n) is 2.44. The van der Waals surface area contributed by atoms with Gasteiger partial charge in [0.25, 0.3) is 0 Å².